The lowest BCUT2D eigenvalue weighted by molar-refractivity contribution is 0.0255. The second-order valence-corrected chi connectivity index (χ2v) is 7.47. The molecule has 2 rings (SSSR count). The summed E-state index contributed by atoms with van der Waals surface area (Å²) in [5.74, 6) is 0.000684. The number of carbonyl (C=O) groups excluding carboxylic acids is 2. The summed E-state index contributed by atoms with van der Waals surface area (Å²) in [5.41, 5.74) is 1.84. The van der Waals surface area contributed by atoms with Crippen molar-refractivity contribution < 1.29 is 14.3 Å². The van der Waals surface area contributed by atoms with Gasteiger partial charge >= 0.3 is 6.09 Å². The highest BCUT2D eigenvalue weighted by atomic mass is 16.6. The molecule has 1 saturated heterocycles. The van der Waals surface area contributed by atoms with Gasteiger partial charge in [-0.1, -0.05) is 0 Å². The van der Waals surface area contributed by atoms with Gasteiger partial charge in [-0.25, -0.2) is 4.79 Å². The molecule has 0 spiro atoms. The highest BCUT2D eigenvalue weighted by Crippen LogP contribution is 2.18. The van der Waals surface area contributed by atoms with E-state index in [0.717, 1.165) is 24.4 Å². The zero-order valence-corrected chi connectivity index (χ0v) is 16.3. The largest absolute Gasteiger partial charge is 0.444 e. The number of aromatic nitrogens is 2. The third-order valence-electron chi connectivity index (χ3n) is 4.33. The number of aryl methyl sites for hydroxylation is 2. The second kappa shape index (κ2) is 7.45. The Hall–Kier alpha value is -2.05. The van der Waals surface area contributed by atoms with E-state index < -0.39 is 5.60 Å². The van der Waals surface area contributed by atoms with Crippen molar-refractivity contribution in [2.45, 2.75) is 60.1 Å². The average Bonchev–Trinajstić information content (AvgIpc) is 2.69. The molecule has 0 aromatic carbocycles. The van der Waals surface area contributed by atoms with Gasteiger partial charge in [0.1, 0.15) is 5.60 Å². The monoisotopic (exact) mass is 350 g/mol. The molecule has 1 fully saturated rings. The Balaban J connectivity index is 2.07. The smallest absolute Gasteiger partial charge is 0.410 e. The number of carbonyl (C=O) groups is 2. The summed E-state index contributed by atoms with van der Waals surface area (Å²) < 4.78 is 7.29. The SMILES string of the molecule is CCn1nc(C)c(C(=O)N2CCCN(C(=O)OC(C)(C)C)CC2)c1C. The highest BCUT2D eigenvalue weighted by Gasteiger charge is 2.28. The first-order valence-corrected chi connectivity index (χ1v) is 8.95. The van der Waals surface area contributed by atoms with Crippen molar-refractivity contribution in [3.05, 3.63) is 17.0 Å². The maximum Gasteiger partial charge on any atom is 0.410 e. The van der Waals surface area contributed by atoms with Crippen LogP contribution in [0.1, 0.15) is 55.9 Å². The van der Waals surface area contributed by atoms with Crippen molar-refractivity contribution in [2.24, 2.45) is 0 Å². The van der Waals surface area contributed by atoms with Crippen LogP contribution in [0, 0.1) is 13.8 Å². The fourth-order valence-corrected chi connectivity index (χ4v) is 3.10. The quantitative estimate of drug-likeness (QED) is 0.822. The summed E-state index contributed by atoms with van der Waals surface area (Å²) in [5, 5.41) is 4.44. The predicted octanol–water partition coefficient (Wildman–Crippen LogP) is 2.60. The number of nitrogens with zero attached hydrogens (tertiary/aromatic N) is 4. The molecule has 1 aromatic heterocycles. The number of rotatable bonds is 2. The zero-order valence-electron chi connectivity index (χ0n) is 16.3. The van der Waals surface area contributed by atoms with E-state index in [4.69, 9.17) is 4.74 Å². The highest BCUT2D eigenvalue weighted by molar-refractivity contribution is 5.96. The van der Waals surface area contributed by atoms with Crippen molar-refractivity contribution in [3.8, 4) is 0 Å². The summed E-state index contributed by atoms with van der Waals surface area (Å²) >= 11 is 0. The molecule has 1 aliphatic rings. The van der Waals surface area contributed by atoms with Crippen molar-refractivity contribution >= 4 is 12.0 Å². The number of hydrogen-bond acceptors (Lipinski definition) is 4. The first kappa shape index (κ1) is 19.3. The van der Waals surface area contributed by atoms with Gasteiger partial charge in [-0.3, -0.25) is 9.48 Å². The normalized spacial score (nSPS) is 15.9. The number of amides is 2. The summed E-state index contributed by atoms with van der Waals surface area (Å²) in [7, 11) is 0. The molecule has 0 saturated carbocycles. The molecule has 0 bridgehead atoms. The standard InChI is InChI=1S/C18H30N4O3/c1-7-22-14(3)15(13(2)19-22)16(23)20-9-8-10-21(12-11-20)17(24)25-18(4,5)6/h7-12H2,1-6H3. The fraction of sp³-hybridized carbons (Fsp3) is 0.722. The van der Waals surface area contributed by atoms with Crippen LogP contribution in [0.15, 0.2) is 0 Å². The zero-order chi connectivity index (χ0) is 18.8. The van der Waals surface area contributed by atoms with Gasteiger partial charge in [0.05, 0.1) is 11.3 Å². The lowest BCUT2D eigenvalue weighted by atomic mass is 10.1. The first-order valence-electron chi connectivity index (χ1n) is 8.95. The minimum Gasteiger partial charge on any atom is -0.444 e. The van der Waals surface area contributed by atoms with Gasteiger partial charge in [0.25, 0.3) is 5.91 Å². The van der Waals surface area contributed by atoms with Crippen LogP contribution in [0.25, 0.3) is 0 Å². The molecule has 140 valence electrons. The van der Waals surface area contributed by atoms with Crippen LogP contribution in [0.3, 0.4) is 0 Å². The molecule has 0 N–H and O–H groups in total. The minimum atomic E-state index is -0.512. The van der Waals surface area contributed by atoms with Gasteiger partial charge in [-0.05, 0) is 48.0 Å². The van der Waals surface area contributed by atoms with Gasteiger partial charge in [-0.15, -0.1) is 0 Å². The van der Waals surface area contributed by atoms with E-state index in [2.05, 4.69) is 5.10 Å². The van der Waals surface area contributed by atoms with Gasteiger partial charge in [0.15, 0.2) is 0 Å². The maximum absolute atomic E-state index is 13.0. The van der Waals surface area contributed by atoms with Crippen LogP contribution in [0.4, 0.5) is 4.79 Å². The van der Waals surface area contributed by atoms with Crippen LogP contribution in [-0.2, 0) is 11.3 Å². The molecule has 7 nitrogen and oxygen atoms in total. The van der Waals surface area contributed by atoms with Gasteiger partial charge in [-0.2, -0.15) is 5.10 Å². The van der Waals surface area contributed by atoms with Gasteiger partial charge in [0.2, 0.25) is 0 Å². The Morgan fingerprint density at radius 2 is 1.68 bits per heavy atom. The predicted molar refractivity (Wildman–Crippen MR) is 95.7 cm³/mol. The van der Waals surface area contributed by atoms with Crippen molar-refractivity contribution in [1.82, 2.24) is 19.6 Å². The molecular weight excluding hydrogens is 320 g/mol. The van der Waals surface area contributed by atoms with Crippen molar-refractivity contribution in [3.63, 3.8) is 0 Å². The Bertz CT molecular complexity index is 645. The van der Waals surface area contributed by atoms with Gasteiger partial charge < -0.3 is 14.5 Å². The molecule has 25 heavy (non-hydrogen) atoms. The third-order valence-corrected chi connectivity index (χ3v) is 4.33. The maximum atomic E-state index is 13.0. The lowest BCUT2D eigenvalue weighted by Crippen LogP contribution is -2.40. The summed E-state index contributed by atoms with van der Waals surface area (Å²) in [6.07, 6.45) is 0.429. The second-order valence-electron chi connectivity index (χ2n) is 7.47. The van der Waals surface area contributed by atoms with Crippen LogP contribution in [0.2, 0.25) is 0 Å². The molecule has 0 atom stereocenters. The molecule has 0 radical (unpaired) electrons. The van der Waals surface area contributed by atoms with Crippen LogP contribution >= 0.6 is 0 Å². The molecular formula is C18H30N4O3. The molecule has 0 aliphatic carbocycles. The fourth-order valence-electron chi connectivity index (χ4n) is 3.10. The number of hydrogen-bond donors (Lipinski definition) is 0. The van der Waals surface area contributed by atoms with E-state index in [-0.39, 0.29) is 12.0 Å². The average molecular weight is 350 g/mol. The molecule has 1 aromatic rings. The lowest BCUT2D eigenvalue weighted by Gasteiger charge is -2.26. The van der Waals surface area contributed by atoms with Gasteiger partial charge in [0, 0.05) is 38.4 Å². The third kappa shape index (κ3) is 4.52. The first-order chi connectivity index (χ1) is 11.6. The Labute approximate surface area is 149 Å². The van der Waals surface area contributed by atoms with Crippen molar-refractivity contribution in [1.29, 1.82) is 0 Å². The Morgan fingerprint density at radius 1 is 1.08 bits per heavy atom. The topological polar surface area (TPSA) is 67.7 Å². The van der Waals surface area contributed by atoms with E-state index in [1.54, 1.807) is 4.90 Å². The Morgan fingerprint density at radius 3 is 2.24 bits per heavy atom. The van der Waals surface area contributed by atoms with Crippen LogP contribution in [-0.4, -0.2) is 63.4 Å². The minimum absolute atomic E-state index is 0.000684. The number of ether oxygens (including phenoxy) is 1. The van der Waals surface area contributed by atoms with Crippen molar-refractivity contribution in [2.75, 3.05) is 26.2 Å². The van der Waals surface area contributed by atoms with Crippen LogP contribution in [0.5, 0.6) is 0 Å². The molecule has 7 heteroatoms. The van der Waals surface area contributed by atoms with E-state index in [9.17, 15) is 9.59 Å². The van der Waals surface area contributed by atoms with Crippen LogP contribution < -0.4 is 0 Å². The van der Waals surface area contributed by atoms with E-state index in [0.29, 0.717) is 31.7 Å². The molecule has 1 aliphatic heterocycles. The Kier molecular flexibility index (Phi) is 5.75. The summed E-state index contributed by atoms with van der Waals surface area (Å²) in [6.45, 7) is 14.4. The van der Waals surface area contributed by atoms with E-state index >= 15 is 0 Å². The molecule has 2 heterocycles. The molecule has 2 amide bonds. The van der Waals surface area contributed by atoms with E-state index in [1.165, 1.54) is 0 Å². The van der Waals surface area contributed by atoms with E-state index in [1.807, 2.05) is 51.1 Å². The summed E-state index contributed by atoms with van der Waals surface area (Å²) in [6, 6.07) is 0. The molecule has 0 unspecified atom stereocenters. The summed E-state index contributed by atoms with van der Waals surface area (Å²) in [4.78, 5) is 28.7.